The van der Waals surface area contributed by atoms with E-state index in [2.05, 4.69) is 10.6 Å². The number of nitrogens with one attached hydrogen (secondary N) is 2. The average Bonchev–Trinajstić information content (AvgIpc) is 2.47. The monoisotopic (exact) mass is 300 g/mol. The van der Waals surface area contributed by atoms with Crippen molar-refractivity contribution in [2.45, 2.75) is 13.8 Å². The molecule has 0 aliphatic heterocycles. The van der Waals surface area contributed by atoms with Crippen LogP contribution in [-0.2, 0) is 0 Å². The second kappa shape index (κ2) is 6.85. The topological polar surface area (TPSA) is 59.6 Å². The molecule has 0 fully saturated rings. The molecule has 0 aromatic heterocycles. The van der Waals surface area contributed by atoms with Gasteiger partial charge in [-0.3, -0.25) is 0 Å². The summed E-state index contributed by atoms with van der Waals surface area (Å²) in [5.41, 5.74) is 3.30. The molecule has 22 heavy (non-hydrogen) atoms. The second-order valence-electron chi connectivity index (χ2n) is 4.99. The third kappa shape index (κ3) is 3.69. The number of hydrogen-bond acceptors (Lipinski definition) is 3. The molecule has 0 atom stereocenters. The molecule has 2 aromatic carbocycles. The summed E-state index contributed by atoms with van der Waals surface area (Å²) in [7, 11) is 3.13. The molecule has 0 saturated carbocycles. The summed E-state index contributed by atoms with van der Waals surface area (Å²) in [5, 5.41) is 5.58. The molecule has 0 bridgehead atoms. The zero-order chi connectivity index (χ0) is 16.1. The van der Waals surface area contributed by atoms with Crippen molar-refractivity contribution in [3.8, 4) is 11.5 Å². The largest absolute Gasteiger partial charge is 0.495 e. The molecule has 0 heterocycles. The van der Waals surface area contributed by atoms with Crippen molar-refractivity contribution in [1.29, 1.82) is 0 Å². The number of rotatable bonds is 4. The summed E-state index contributed by atoms with van der Waals surface area (Å²) < 4.78 is 10.5. The molecule has 0 aliphatic carbocycles. The molecule has 2 aromatic rings. The maximum Gasteiger partial charge on any atom is 0.323 e. The number of anilines is 2. The Labute approximate surface area is 130 Å². The number of urea groups is 1. The first kappa shape index (κ1) is 15.7. The van der Waals surface area contributed by atoms with Crippen molar-refractivity contribution in [2.75, 3.05) is 24.9 Å². The van der Waals surface area contributed by atoms with Crippen LogP contribution in [0.3, 0.4) is 0 Å². The van der Waals surface area contributed by atoms with Gasteiger partial charge in [0.25, 0.3) is 0 Å². The molecular formula is C17H20N2O3. The summed E-state index contributed by atoms with van der Waals surface area (Å²) in [4.78, 5) is 12.2. The van der Waals surface area contributed by atoms with Gasteiger partial charge in [0, 0.05) is 0 Å². The maximum atomic E-state index is 12.2. The molecule has 5 nitrogen and oxygen atoms in total. The van der Waals surface area contributed by atoms with Gasteiger partial charge in [0.15, 0.2) is 0 Å². The maximum absolute atomic E-state index is 12.2. The van der Waals surface area contributed by atoms with Crippen LogP contribution in [0.2, 0.25) is 0 Å². The molecule has 0 spiro atoms. The van der Waals surface area contributed by atoms with E-state index in [9.17, 15) is 4.79 Å². The fourth-order valence-electron chi connectivity index (χ4n) is 2.11. The van der Waals surface area contributed by atoms with Gasteiger partial charge in [-0.25, -0.2) is 4.79 Å². The summed E-state index contributed by atoms with van der Waals surface area (Å²) in [6.07, 6.45) is 0. The Morgan fingerprint density at radius 1 is 0.818 bits per heavy atom. The fraction of sp³-hybridized carbons (Fsp3) is 0.235. The summed E-state index contributed by atoms with van der Waals surface area (Å²) in [6.45, 7) is 3.90. The first-order chi connectivity index (χ1) is 10.5. The molecule has 116 valence electrons. The minimum absolute atomic E-state index is 0.354. The van der Waals surface area contributed by atoms with Crippen LogP contribution in [0.15, 0.2) is 36.4 Å². The number of carbonyl (C=O) groups excluding carboxylic acids is 1. The highest BCUT2D eigenvalue weighted by Crippen LogP contribution is 2.27. The van der Waals surface area contributed by atoms with Crippen LogP contribution < -0.4 is 20.1 Å². The van der Waals surface area contributed by atoms with Crippen molar-refractivity contribution in [1.82, 2.24) is 0 Å². The van der Waals surface area contributed by atoms with Crippen LogP contribution in [-0.4, -0.2) is 20.3 Å². The smallest absolute Gasteiger partial charge is 0.323 e. The van der Waals surface area contributed by atoms with Gasteiger partial charge >= 0.3 is 6.03 Å². The number of benzene rings is 2. The molecule has 2 rings (SSSR count). The third-order valence-electron chi connectivity index (χ3n) is 3.21. The highest BCUT2D eigenvalue weighted by Gasteiger charge is 2.10. The Bertz CT molecular complexity index is 626. The summed E-state index contributed by atoms with van der Waals surface area (Å²) in [6, 6.07) is 10.8. The number of carbonyl (C=O) groups is 1. The zero-order valence-electron chi connectivity index (χ0n) is 13.2. The van der Waals surface area contributed by atoms with Gasteiger partial charge in [-0.15, -0.1) is 0 Å². The lowest BCUT2D eigenvalue weighted by Gasteiger charge is -2.14. The van der Waals surface area contributed by atoms with Gasteiger partial charge in [-0.2, -0.15) is 0 Å². The molecule has 0 saturated heterocycles. The summed E-state index contributed by atoms with van der Waals surface area (Å²) in [5.74, 6) is 1.22. The highest BCUT2D eigenvalue weighted by atomic mass is 16.5. The minimum atomic E-state index is -0.354. The standard InChI is InChI=1S/C17H20N2O3/c1-11-5-7-15(21-3)13(9-11)18-17(20)19-14-10-12(2)6-8-16(14)22-4/h5-10H,1-4H3,(H2,18,19,20). The lowest BCUT2D eigenvalue weighted by molar-refractivity contribution is 0.262. The Kier molecular flexibility index (Phi) is 4.88. The van der Waals surface area contributed by atoms with E-state index >= 15 is 0 Å². The Hall–Kier alpha value is -2.69. The number of ether oxygens (including phenoxy) is 2. The van der Waals surface area contributed by atoms with E-state index in [0.29, 0.717) is 22.9 Å². The van der Waals surface area contributed by atoms with E-state index in [4.69, 9.17) is 9.47 Å². The third-order valence-corrected chi connectivity index (χ3v) is 3.21. The van der Waals surface area contributed by atoms with Crippen molar-refractivity contribution < 1.29 is 14.3 Å². The van der Waals surface area contributed by atoms with E-state index in [1.165, 1.54) is 0 Å². The predicted molar refractivity (Wildman–Crippen MR) is 88.1 cm³/mol. The van der Waals surface area contributed by atoms with Crippen LogP contribution in [0.5, 0.6) is 11.5 Å². The van der Waals surface area contributed by atoms with Gasteiger partial charge in [-0.1, -0.05) is 12.1 Å². The van der Waals surface area contributed by atoms with Gasteiger partial charge < -0.3 is 20.1 Å². The van der Waals surface area contributed by atoms with Crippen molar-refractivity contribution in [3.63, 3.8) is 0 Å². The molecule has 5 heteroatoms. The van der Waals surface area contributed by atoms with Crippen LogP contribution in [0.25, 0.3) is 0 Å². The zero-order valence-corrected chi connectivity index (χ0v) is 13.2. The lowest BCUT2D eigenvalue weighted by atomic mass is 10.2. The van der Waals surface area contributed by atoms with Gasteiger partial charge in [-0.05, 0) is 49.2 Å². The number of hydrogen-bond donors (Lipinski definition) is 2. The molecule has 2 N–H and O–H groups in total. The second-order valence-corrected chi connectivity index (χ2v) is 4.99. The van der Waals surface area contributed by atoms with Crippen molar-refractivity contribution >= 4 is 17.4 Å². The lowest BCUT2D eigenvalue weighted by Crippen LogP contribution is -2.20. The van der Waals surface area contributed by atoms with Crippen LogP contribution in [0.4, 0.5) is 16.2 Å². The fourth-order valence-corrected chi connectivity index (χ4v) is 2.11. The molecular weight excluding hydrogens is 280 g/mol. The Balaban J connectivity index is 2.17. The Morgan fingerprint density at radius 2 is 1.23 bits per heavy atom. The number of methoxy groups -OCH3 is 2. The van der Waals surface area contributed by atoms with E-state index in [1.807, 2.05) is 50.2 Å². The van der Waals surface area contributed by atoms with E-state index < -0.39 is 0 Å². The van der Waals surface area contributed by atoms with Crippen LogP contribution >= 0.6 is 0 Å². The van der Waals surface area contributed by atoms with Crippen LogP contribution in [0.1, 0.15) is 11.1 Å². The van der Waals surface area contributed by atoms with Crippen molar-refractivity contribution in [2.24, 2.45) is 0 Å². The normalized spacial score (nSPS) is 10.0. The quantitative estimate of drug-likeness (QED) is 0.898. The van der Waals surface area contributed by atoms with Crippen LogP contribution in [0, 0.1) is 13.8 Å². The number of amides is 2. The van der Waals surface area contributed by atoms with Gasteiger partial charge in [0.05, 0.1) is 25.6 Å². The van der Waals surface area contributed by atoms with E-state index in [1.54, 1.807) is 14.2 Å². The van der Waals surface area contributed by atoms with Crippen molar-refractivity contribution in [3.05, 3.63) is 47.5 Å². The molecule has 0 unspecified atom stereocenters. The molecule has 0 aliphatic rings. The molecule has 2 amide bonds. The van der Waals surface area contributed by atoms with E-state index in [0.717, 1.165) is 11.1 Å². The number of aryl methyl sites for hydroxylation is 2. The minimum Gasteiger partial charge on any atom is -0.495 e. The average molecular weight is 300 g/mol. The molecule has 0 radical (unpaired) electrons. The van der Waals surface area contributed by atoms with Gasteiger partial charge in [0.2, 0.25) is 0 Å². The van der Waals surface area contributed by atoms with Gasteiger partial charge in [0.1, 0.15) is 11.5 Å². The highest BCUT2D eigenvalue weighted by molar-refractivity contribution is 6.01. The SMILES string of the molecule is COc1ccc(C)cc1NC(=O)Nc1cc(C)ccc1OC. The first-order valence-electron chi connectivity index (χ1n) is 6.90. The summed E-state index contributed by atoms with van der Waals surface area (Å²) >= 11 is 0. The predicted octanol–water partition coefficient (Wildman–Crippen LogP) is 3.96. The first-order valence-corrected chi connectivity index (χ1v) is 6.90. The Morgan fingerprint density at radius 3 is 1.59 bits per heavy atom. The van der Waals surface area contributed by atoms with E-state index in [-0.39, 0.29) is 6.03 Å².